The molecule has 0 aromatic heterocycles. The molecule has 20 nitrogen and oxygen atoms in total. The summed E-state index contributed by atoms with van der Waals surface area (Å²) in [4.78, 5) is 83.0. The second kappa shape index (κ2) is 29.3. The number of hydrogen-bond acceptors (Lipinski definition) is 14. The number of oxime groups is 1. The zero-order valence-corrected chi connectivity index (χ0v) is 35.0. The highest BCUT2D eigenvalue weighted by Crippen LogP contribution is 2.18. The van der Waals surface area contributed by atoms with Crippen LogP contribution in [0.2, 0.25) is 0 Å². The average molecular weight is 837 g/mol. The summed E-state index contributed by atoms with van der Waals surface area (Å²) in [7, 11) is 3.02. The Bertz CT molecular complexity index is 1480. The van der Waals surface area contributed by atoms with Crippen molar-refractivity contribution < 1.29 is 57.3 Å². The molecule has 0 bridgehead atoms. The van der Waals surface area contributed by atoms with Crippen LogP contribution in [0.15, 0.2) is 29.4 Å². The molecule has 0 radical (unpaired) electrons. The first kappa shape index (κ1) is 50.3. The lowest BCUT2D eigenvalue weighted by Gasteiger charge is -2.26. The monoisotopic (exact) mass is 836 g/mol. The van der Waals surface area contributed by atoms with Gasteiger partial charge in [-0.2, -0.15) is 0 Å². The number of nitrogens with zero attached hydrogens (tertiary/aromatic N) is 2. The van der Waals surface area contributed by atoms with Gasteiger partial charge < -0.3 is 65.7 Å². The van der Waals surface area contributed by atoms with Crippen LogP contribution >= 0.6 is 0 Å². The van der Waals surface area contributed by atoms with E-state index in [4.69, 9.17) is 34.3 Å². The number of nitrogens with two attached hydrogens (primary N) is 1. The highest BCUT2D eigenvalue weighted by Gasteiger charge is 2.36. The van der Waals surface area contributed by atoms with Crippen molar-refractivity contribution >= 4 is 41.3 Å². The van der Waals surface area contributed by atoms with E-state index in [1.165, 1.54) is 19.1 Å². The van der Waals surface area contributed by atoms with Gasteiger partial charge in [0, 0.05) is 40.2 Å². The van der Waals surface area contributed by atoms with E-state index in [0.717, 1.165) is 11.1 Å². The number of nitrogens with one attached hydrogen (secondary N) is 5. The average Bonchev–Trinajstić information content (AvgIpc) is 3.72. The van der Waals surface area contributed by atoms with E-state index in [1.807, 2.05) is 13.8 Å². The number of likely N-dealkylation sites (tertiary alicyclic amines) is 1. The highest BCUT2D eigenvalue weighted by molar-refractivity contribution is 5.98. The van der Waals surface area contributed by atoms with Gasteiger partial charge in [-0.3, -0.25) is 24.0 Å². The van der Waals surface area contributed by atoms with E-state index in [9.17, 15) is 28.8 Å². The molecule has 332 valence electrons. The molecule has 1 aromatic carbocycles. The predicted molar refractivity (Wildman–Crippen MR) is 216 cm³/mol. The molecule has 7 N–H and O–H groups in total. The number of carbonyl (C=O) groups is 6. The number of carbonyl (C=O) groups excluding carboxylic acids is 6. The summed E-state index contributed by atoms with van der Waals surface area (Å²) >= 11 is 0. The van der Waals surface area contributed by atoms with Crippen LogP contribution in [-0.4, -0.2) is 164 Å². The van der Waals surface area contributed by atoms with E-state index in [-0.39, 0.29) is 89.4 Å². The summed E-state index contributed by atoms with van der Waals surface area (Å²) in [6, 6.07) is 4.80. The Morgan fingerprint density at radius 1 is 0.847 bits per heavy atom. The van der Waals surface area contributed by atoms with Gasteiger partial charge in [0.25, 0.3) is 0 Å². The number of rotatable bonds is 29. The normalized spacial score (nSPS) is 14.9. The molecule has 0 unspecified atom stereocenters. The zero-order chi connectivity index (χ0) is 43.4. The smallest absolute Gasteiger partial charge is 0.407 e. The molecule has 1 aromatic rings. The molecule has 59 heavy (non-hydrogen) atoms. The van der Waals surface area contributed by atoms with Crippen LogP contribution < -0.4 is 32.3 Å². The number of likely N-dealkylation sites (N-methyl/N-ethyl adjacent to an activating group) is 1. The minimum absolute atomic E-state index is 0.00813. The van der Waals surface area contributed by atoms with Gasteiger partial charge >= 0.3 is 6.09 Å². The molecular formula is C39H64N8O12. The van der Waals surface area contributed by atoms with Crippen LogP contribution in [-0.2, 0) is 58.9 Å². The van der Waals surface area contributed by atoms with Crippen LogP contribution in [0.5, 0.6) is 0 Å². The van der Waals surface area contributed by atoms with E-state index in [2.05, 4.69) is 31.7 Å². The maximum absolute atomic E-state index is 13.4. The number of methoxy groups -OCH3 is 1. The molecule has 3 atom stereocenters. The van der Waals surface area contributed by atoms with Gasteiger partial charge in [0.2, 0.25) is 29.5 Å². The largest absolute Gasteiger partial charge is 0.447 e. The fourth-order valence-electron chi connectivity index (χ4n) is 5.79. The van der Waals surface area contributed by atoms with E-state index in [0.29, 0.717) is 51.3 Å². The molecular weight excluding hydrogens is 772 g/mol. The molecule has 1 saturated heterocycles. The summed E-state index contributed by atoms with van der Waals surface area (Å²) in [6.07, 6.45) is 1.12. The van der Waals surface area contributed by atoms with Crippen LogP contribution in [0.4, 0.5) is 4.79 Å². The van der Waals surface area contributed by atoms with Crippen molar-refractivity contribution in [1.29, 1.82) is 0 Å². The Labute approximate surface area is 346 Å². The Morgan fingerprint density at radius 2 is 1.56 bits per heavy atom. The third kappa shape index (κ3) is 20.6. The van der Waals surface area contributed by atoms with E-state index >= 15 is 0 Å². The van der Waals surface area contributed by atoms with Gasteiger partial charge in [0.05, 0.1) is 45.3 Å². The summed E-state index contributed by atoms with van der Waals surface area (Å²) in [5.74, 6) is -1.87. The van der Waals surface area contributed by atoms with Crippen molar-refractivity contribution in [3.63, 3.8) is 0 Å². The minimum atomic E-state index is -0.975. The molecule has 1 fully saturated rings. The second-order valence-electron chi connectivity index (χ2n) is 13.9. The maximum atomic E-state index is 13.4. The van der Waals surface area contributed by atoms with Crippen LogP contribution in [0, 0.1) is 5.92 Å². The summed E-state index contributed by atoms with van der Waals surface area (Å²) in [5.41, 5.74) is 7.48. The van der Waals surface area contributed by atoms with Crippen molar-refractivity contribution in [3.05, 3.63) is 35.4 Å². The molecule has 0 saturated carbocycles. The summed E-state index contributed by atoms with van der Waals surface area (Å²) in [6.45, 7) is 7.39. The zero-order valence-electron chi connectivity index (χ0n) is 35.0. The molecule has 0 aliphatic carbocycles. The number of amides is 6. The Morgan fingerprint density at radius 3 is 2.25 bits per heavy atom. The molecule has 6 amide bonds. The van der Waals surface area contributed by atoms with Gasteiger partial charge in [-0.25, -0.2) is 4.79 Å². The summed E-state index contributed by atoms with van der Waals surface area (Å²) < 4.78 is 25.9. The first-order valence-corrected chi connectivity index (χ1v) is 19.9. The van der Waals surface area contributed by atoms with Crippen LogP contribution in [0.25, 0.3) is 0 Å². The Balaban J connectivity index is 1.92. The van der Waals surface area contributed by atoms with E-state index < -0.39 is 36.0 Å². The Kier molecular flexibility index (Phi) is 25.0. The SMILES string of the molecule is CNC(=O)[C@H](CC(C)C)NC(=O)[C@@H]1CCCN1C(=O)COCCNC(=O)[C@H](Cc1ccc(/C(C)=N/OCCNC(=O)OCCOC)cc1)NC(=O)COCCOCCN. The first-order valence-electron chi connectivity index (χ1n) is 19.9. The fourth-order valence-corrected chi connectivity index (χ4v) is 5.79. The molecule has 2 rings (SSSR count). The molecule has 1 heterocycles. The third-order valence-corrected chi connectivity index (χ3v) is 8.75. The minimum Gasteiger partial charge on any atom is -0.447 e. The number of ether oxygens (including phenoxy) is 5. The second-order valence-corrected chi connectivity index (χ2v) is 13.9. The van der Waals surface area contributed by atoms with Crippen molar-refractivity contribution in [2.45, 2.75) is 64.6 Å². The predicted octanol–water partition coefficient (Wildman–Crippen LogP) is -0.780. The quantitative estimate of drug-likeness (QED) is 0.0329. The molecule has 1 aliphatic rings. The van der Waals surface area contributed by atoms with Crippen LogP contribution in [0.3, 0.4) is 0 Å². The van der Waals surface area contributed by atoms with Gasteiger partial charge in [-0.05, 0) is 43.2 Å². The fraction of sp³-hybridized carbons (Fsp3) is 0.667. The first-order chi connectivity index (χ1) is 28.4. The van der Waals surface area contributed by atoms with Gasteiger partial charge in [-0.15, -0.1) is 0 Å². The van der Waals surface area contributed by atoms with Crippen LogP contribution in [0.1, 0.15) is 51.2 Å². The third-order valence-electron chi connectivity index (χ3n) is 8.75. The number of hydrogen-bond donors (Lipinski definition) is 6. The lowest BCUT2D eigenvalue weighted by Crippen LogP contribution is -2.53. The maximum Gasteiger partial charge on any atom is 0.407 e. The standard InChI is InChI=1S/C39H64N8O12/c1-27(2)23-31(36(50)41-4)45-38(52)33-7-6-15-47(33)35(49)26-56-17-13-42-37(51)32(44-34(48)25-57-21-20-55-16-12-40)24-29-8-10-30(11-9-29)28(3)46-59-18-14-43-39(53)58-22-19-54-5/h8-11,27,31-33H,6-7,12-26,40H2,1-5H3,(H,41,50)(H,42,51)(H,43,53)(H,44,48)(H,45,52)/b46-28+/t31-,32-,33-/m0/s1. The molecule has 0 spiro atoms. The summed E-state index contributed by atoms with van der Waals surface area (Å²) in [5, 5.41) is 17.5. The lowest BCUT2D eigenvalue weighted by molar-refractivity contribution is -0.142. The van der Waals surface area contributed by atoms with Gasteiger partial charge in [-0.1, -0.05) is 43.3 Å². The highest BCUT2D eigenvalue weighted by atomic mass is 16.6. The molecule has 20 heteroatoms. The molecule has 1 aliphatic heterocycles. The van der Waals surface area contributed by atoms with Crippen molar-refractivity contribution in [2.75, 3.05) is 99.8 Å². The topological polar surface area (TPSA) is 260 Å². The van der Waals surface area contributed by atoms with Gasteiger partial charge in [0.15, 0.2) is 0 Å². The van der Waals surface area contributed by atoms with Crippen molar-refractivity contribution in [2.24, 2.45) is 16.8 Å². The number of alkyl carbamates (subject to hydrolysis) is 1. The van der Waals surface area contributed by atoms with Crippen molar-refractivity contribution in [3.8, 4) is 0 Å². The Hall–Kier alpha value is -4.89. The van der Waals surface area contributed by atoms with E-state index in [1.54, 1.807) is 31.2 Å². The van der Waals surface area contributed by atoms with Crippen molar-refractivity contribution in [1.82, 2.24) is 31.5 Å². The number of benzene rings is 1. The van der Waals surface area contributed by atoms with Gasteiger partial charge in [0.1, 0.15) is 44.6 Å². The lowest BCUT2D eigenvalue weighted by atomic mass is 10.0.